The Bertz CT molecular complexity index is 1510. The van der Waals surface area contributed by atoms with Gasteiger partial charge in [-0.25, -0.2) is 15.0 Å². The molecule has 3 aromatic heterocycles. The van der Waals surface area contributed by atoms with Gasteiger partial charge in [-0.3, -0.25) is 20.2 Å². The number of ether oxygens (including phenoxy) is 4. The number of carbonyl (C=O) groups excluding carboxylic acids is 2. The molecule has 0 fully saturated rings. The largest absolute Gasteiger partial charge is 0.454 e. The average Bonchev–Trinajstić information content (AvgIpc) is 3.66. The third kappa shape index (κ3) is 3.61. The van der Waals surface area contributed by atoms with Crippen molar-refractivity contribution in [2.24, 2.45) is 0 Å². The van der Waals surface area contributed by atoms with Crippen molar-refractivity contribution in [1.29, 1.82) is 0 Å². The summed E-state index contributed by atoms with van der Waals surface area (Å²) in [5, 5.41) is 6.26. The van der Waals surface area contributed by atoms with E-state index in [1.54, 1.807) is 18.2 Å². The second-order valence-electron chi connectivity index (χ2n) is 7.70. The normalized spacial score (nSPS) is 13.3. The van der Waals surface area contributed by atoms with Gasteiger partial charge in [0, 0.05) is 24.3 Å². The van der Waals surface area contributed by atoms with Crippen LogP contribution in [0.1, 0.15) is 21.0 Å². The summed E-state index contributed by atoms with van der Waals surface area (Å²) in [7, 11) is 0. The van der Waals surface area contributed by atoms with Crippen molar-refractivity contribution in [3.63, 3.8) is 0 Å². The number of fused-ring (bicyclic) bond motifs is 4. The number of carbonyl (C=O) groups is 2. The highest BCUT2D eigenvalue weighted by Crippen LogP contribution is 2.40. The van der Waals surface area contributed by atoms with Crippen LogP contribution in [0.25, 0.3) is 20.4 Å². The first kappa shape index (κ1) is 20.8. The Morgan fingerprint density at radius 3 is 1.58 bits per heavy atom. The molecule has 0 atom stereocenters. The van der Waals surface area contributed by atoms with Crippen LogP contribution in [0.15, 0.2) is 42.5 Å². The highest BCUT2D eigenvalue weighted by atomic mass is 32.1. The zero-order valence-electron chi connectivity index (χ0n) is 18.1. The maximum atomic E-state index is 12.8. The molecule has 2 aliphatic rings. The Morgan fingerprint density at radius 2 is 1.11 bits per heavy atom. The van der Waals surface area contributed by atoms with Crippen molar-refractivity contribution in [3.8, 4) is 23.0 Å². The number of hydrogen-bond acceptors (Lipinski definition) is 11. The van der Waals surface area contributed by atoms with E-state index in [-0.39, 0.29) is 25.0 Å². The summed E-state index contributed by atoms with van der Waals surface area (Å²) < 4.78 is 23.2. The highest BCUT2D eigenvalue weighted by molar-refractivity contribution is 7.22. The minimum Gasteiger partial charge on any atom is -0.454 e. The Hall–Kier alpha value is -4.49. The molecule has 11 nitrogen and oxygen atoms in total. The molecule has 0 aliphatic carbocycles. The van der Waals surface area contributed by atoms with Crippen molar-refractivity contribution in [3.05, 3.63) is 53.9 Å². The van der Waals surface area contributed by atoms with Gasteiger partial charge in [0.25, 0.3) is 11.8 Å². The fourth-order valence-electron chi connectivity index (χ4n) is 3.75. The third-order valence-electron chi connectivity index (χ3n) is 5.42. The first-order valence-corrected chi connectivity index (χ1v) is 12.2. The molecule has 0 spiro atoms. The molecular weight excluding hydrogens is 506 g/mol. The van der Waals surface area contributed by atoms with Crippen molar-refractivity contribution in [2.45, 2.75) is 0 Å². The van der Waals surface area contributed by atoms with Crippen LogP contribution in [0.5, 0.6) is 23.0 Å². The van der Waals surface area contributed by atoms with Crippen LogP contribution in [0.3, 0.4) is 0 Å². The number of anilines is 2. The van der Waals surface area contributed by atoms with E-state index in [0.29, 0.717) is 44.3 Å². The van der Waals surface area contributed by atoms with Gasteiger partial charge in [0.2, 0.25) is 13.6 Å². The first-order valence-electron chi connectivity index (χ1n) is 10.6. The quantitative estimate of drug-likeness (QED) is 0.357. The van der Waals surface area contributed by atoms with E-state index in [1.165, 1.54) is 34.8 Å². The Kier molecular flexibility index (Phi) is 4.65. The van der Waals surface area contributed by atoms with Crippen LogP contribution in [-0.4, -0.2) is 40.4 Å². The summed E-state index contributed by atoms with van der Waals surface area (Å²) in [6, 6.07) is 11.8. The predicted octanol–water partition coefficient (Wildman–Crippen LogP) is 4.26. The minimum absolute atomic E-state index is 0.0751. The molecule has 0 unspecified atom stereocenters. The van der Waals surface area contributed by atoms with E-state index in [1.807, 2.05) is 12.1 Å². The molecule has 0 radical (unpaired) electrons. The predicted molar refractivity (Wildman–Crippen MR) is 132 cm³/mol. The van der Waals surface area contributed by atoms with Gasteiger partial charge < -0.3 is 18.9 Å². The number of amides is 2. The topological polar surface area (TPSA) is 134 Å². The number of pyridine rings is 1. The minimum atomic E-state index is -0.488. The summed E-state index contributed by atoms with van der Waals surface area (Å²) >= 11 is 2.60. The zero-order chi connectivity index (χ0) is 24.2. The summed E-state index contributed by atoms with van der Waals surface area (Å²) in [6.07, 6.45) is 0. The van der Waals surface area contributed by atoms with Gasteiger partial charge in [-0.2, -0.15) is 0 Å². The maximum Gasteiger partial charge on any atom is 0.276 e. The monoisotopic (exact) mass is 519 g/mol. The number of nitrogens with zero attached hydrogens (tertiary/aromatic N) is 3. The van der Waals surface area contributed by atoms with Crippen molar-refractivity contribution in [2.75, 3.05) is 24.2 Å². The summed E-state index contributed by atoms with van der Waals surface area (Å²) in [5.74, 6) is 1.54. The van der Waals surface area contributed by atoms with E-state index >= 15 is 0 Å². The van der Waals surface area contributed by atoms with E-state index in [4.69, 9.17) is 18.9 Å². The second kappa shape index (κ2) is 8.03. The van der Waals surface area contributed by atoms with Crippen LogP contribution in [-0.2, 0) is 0 Å². The lowest BCUT2D eigenvalue weighted by molar-refractivity contribution is 0.101. The number of benzene rings is 2. The maximum absolute atomic E-state index is 12.8. The number of nitrogens with one attached hydrogen (secondary N) is 2. The van der Waals surface area contributed by atoms with E-state index in [0.717, 1.165) is 9.40 Å². The average molecular weight is 520 g/mol. The third-order valence-corrected chi connectivity index (χ3v) is 7.29. The van der Waals surface area contributed by atoms with E-state index in [2.05, 4.69) is 25.6 Å². The molecule has 5 heterocycles. The van der Waals surface area contributed by atoms with Crippen LogP contribution in [0, 0.1) is 0 Å². The lowest BCUT2D eigenvalue weighted by atomic mass is 10.3. The first-order chi connectivity index (χ1) is 17.6. The molecule has 7 rings (SSSR count). The highest BCUT2D eigenvalue weighted by Gasteiger charge is 2.20. The molecule has 36 heavy (non-hydrogen) atoms. The molecule has 178 valence electrons. The van der Waals surface area contributed by atoms with Crippen LogP contribution in [0.4, 0.5) is 10.3 Å². The van der Waals surface area contributed by atoms with Gasteiger partial charge >= 0.3 is 0 Å². The van der Waals surface area contributed by atoms with Crippen LogP contribution >= 0.6 is 22.7 Å². The number of aromatic nitrogens is 3. The van der Waals surface area contributed by atoms with Gasteiger partial charge in [0.05, 0.1) is 20.4 Å². The van der Waals surface area contributed by atoms with E-state index in [9.17, 15) is 9.59 Å². The number of rotatable bonds is 4. The standard InChI is InChI=1S/C23H13N5O6S2/c29-20(27-22-25-12-4-14-16(33-8-31-14)6-18(12)35-22)10-2-1-3-11(24-10)21(30)28-23-26-13-5-15-17(34-9-32-15)7-19(13)36-23/h1-7H,8-9H2,(H,25,27,29)(H,26,28,30). The van der Waals surface area contributed by atoms with Gasteiger partial charge in [-0.15, -0.1) is 0 Å². The smallest absolute Gasteiger partial charge is 0.276 e. The Labute approximate surface area is 209 Å². The Balaban J connectivity index is 1.08. The van der Waals surface area contributed by atoms with Crippen molar-refractivity contribution < 1.29 is 28.5 Å². The zero-order valence-corrected chi connectivity index (χ0v) is 19.7. The number of hydrogen-bond donors (Lipinski definition) is 2. The molecule has 13 heteroatoms. The van der Waals surface area contributed by atoms with Gasteiger partial charge in [-0.1, -0.05) is 28.7 Å². The van der Waals surface area contributed by atoms with Crippen molar-refractivity contribution >= 4 is 65.2 Å². The van der Waals surface area contributed by atoms with Crippen LogP contribution in [0.2, 0.25) is 0 Å². The molecular formula is C23H13N5O6S2. The fraction of sp³-hybridized carbons (Fsp3) is 0.0870. The van der Waals surface area contributed by atoms with Gasteiger partial charge in [-0.05, 0) is 12.1 Å². The lowest BCUT2D eigenvalue weighted by Crippen LogP contribution is -2.18. The molecule has 2 aromatic carbocycles. The molecule has 0 saturated heterocycles. The second-order valence-corrected chi connectivity index (χ2v) is 9.76. The molecule has 0 bridgehead atoms. The molecule has 2 N–H and O–H groups in total. The SMILES string of the molecule is O=C(Nc1nc2cc3c(cc2s1)OCO3)c1cccc(C(=O)Nc2nc3cc4c(cc3s2)OCO4)n1. The van der Waals surface area contributed by atoms with Gasteiger partial charge in [0.1, 0.15) is 11.4 Å². The fourth-order valence-corrected chi connectivity index (χ4v) is 5.50. The summed E-state index contributed by atoms with van der Waals surface area (Å²) in [4.78, 5) is 38.7. The summed E-state index contributed by atoms with van der Waals surface area (Å²) in [5.41, 5.74) is 1.51. The summed E-state index contributed by atoms with van der Waals surface area (Å²) in [6.45, 7) is 0.354. The van der Waals surface area contributed by atoms with Gasteiger partial charge in [0.15, 0.2) is 33.3 Å². The van der Waals surface area contributed by atoms with Crippen LogP contribution < -0.4 is 29.6 Å². The van der Waals surface area contributed by atoms with E-state index < -0.39 is 11.8 Å². The van der Waals surface area contributed by atoms with Crippen molar-refractivity contribution in [1.82, 2.24) is 15.0 Å². The molecule has 2 aliphatic heterocycles. The molecule has 0 saturated carbocycles. The number of thiazole rings is 2. The lowest BCUT2D eigenvalue weighted by Gasteiger charge is -2.04. The molecule has 5 aromatic rings. The Morgan fingerprint density at radius 1 is 0.667 bits per heavy atom. The molecule has 2 amide bonds.